The highest BCUT2D eigenvalue weighted by Gasteiger charge is 2.22. The van der Waals surface area contributed by atoms with Crippen molar-refractivity contribution in [3.8, 4) is 5.75 Å². The first kappa shape index (κ1) is 27.4. The number of rotatable bonds is 10. The number of benzene rings is 1. The van der Waals surface area contributed by atoms with Gasteiger partial charge in [-0.15, -0.1) is 0 Å². The summed E-state index contributed by atoms with van der Waals surface area (Å²) in [5, 5.41) is 10.8. The smallest absolute Gasteiger partial charge is 0.270 e. The maximum absolute atomic E-state index is 12.7. The van der Waals surface area contributed by atoms with Crippen molar-refractivity contribution in [1.29, 1.82) is 0 Å². The molecule has 2 aromatic heterocycles. The van der Waals surface area contributed by atoms with E-state index >= 15 is 0 Å². The van der Waals surface area contributed by atoms with Gasteiger partial charge in [-0.2, -0.15) is 5.10 Å². The molecule has 4 rings (SSSR count). The first-order chi connectivity index (χ1) is 18.1. The van der Waals surface area contributed by atoms with E-state index in [2.05, 4.69) is 20.7 Å². The van der Waals surface area contributed by atoms with Gasteiger partial charge in [-0.05, 0) is 76.3 Å². The molecule has 1 atom stereocenters. The molecular weight excluding hydrogens is 502 g/mol. The maximum atomic E-state index is 12.7. The van der Waals surface area contributed by atoms with Gasteiger partial charge in [-0.1, -0.05) is 29.8 Å². The van der Waals surface area contributed by atoms with Gasteiger partial charge in [0.05, 0.1) is 19.3 Å². The number of hydrogen-bond acceptors (Lipinski definition) is 5. The van der Waals surface area contributed by atoms with Crippen LogP contribution in [0.25, 0.3) is 6.08 Å². The number of carbonyl (C=O) groups excluding carboxylic acids is 2. The van der Waals surface area contributed by atoms with E-state index in [4.69, 9.17) is 16.3 Å². The molecule has 0 spiro atoms. The van der Waals surface area contributed by atoms with Gasteiger partial charge in [0.25, 0.3) is 11.8 Å². The lowest BCUT2D eigenvalue weighted by Gasteiger charge is -2.20. The molecule has 1 aliphatic carbocycles. The molecule has 1 aromatic carbocycles. The first-order valence-corrected chi connectivity index (χ1v) is 13.1. The van der Waals surface area contributed by atoms with Crippen LogP contribution in [0.1, 0.15) is 72.5 Å². The summed E-state index contributed by atoms with van der Waals surface area (Å²) in [5.74, 6) is 0.873. The summed E-state index contributed by atoms with van der Waals surface area (Å²) >= 11 is 6.47. The van der Waals surface area contributed by atoms with Crippen molar-refractivity contribution < 1.29 is 14.3 Å². The molecular formula is C29H34ClN5O3. The molecule has 0 saturated heterocycles. The van der Waals surface area contributed by atoms with Gasteiger partial charge in [0.15, 0.2) is 0 Å². The molecule has 8 nitrogen and oxygen atoms in total. The zero-order valence-electron chi connectivity index (χ0n) is 22.2. The normalized spacial score (nSPS) is 14.3. The van der Waals surface area contributed by atoms with Crippen LogP contribution in [0.4, 0.5) is 0 Å². The van der Waals surface area contributed by atoms with Crippen LogP contribution < -0.4 is 15.4 Å². The summed E-state index contributed by atoms with van der Waals surface area (Å²) in [6.45, 7) is 8.82. The molecule has 1 aliphatic rings. The Morgan fingerprint density at radius 1 is 1.21 bits per heavy atom. The third kappa shape index (κ3) is 8.18. The summed E-state index contributed by atoms with van der Waals surface area (Å²) in [6.07, 6.45) is 11.4. The summed E-state index contributed by atoms with van der Waals surface area (Å²) in [5.41, 5.74) is 2.02. The van der Waals surface area contributed by atoms with Gasteiger partial charge in [0, 0.05) is 40.1 Å². The lowest BCUT2D eigenvalue weighted by molar-refractivity contribution is 0.0914. The predicted octanol–water partition coefficient (Wildman–Crippen LogP) is 5.13. The van der Waals surface area contributed by atoms with Crippen molar-refractivity contribution in [2.24, 2.45) is 5.92 Å². The number of nitrogens with zero attached hydrogens (tertiary/aromatic N) is 3. The summed E-state index contributed by atoms with van der Waals surface area (Å²) < 4.78 is 7.61. The van der Waals surface area contributed by atoms with E-state index < -0.39 is 5.54 Å². The Labute approximate surface area is 228 Å². The van der Waals surface area contributed by atoms with E-state index in [0.717, 1.165) is 23.5 Å². The Morgan fingerprint density at radius 2 is 2.00 bits per heavy atom. The van der Waals surface area contributed by atoms with Crippen LogP contribution in [0.15, 0.2) is 55.0 Å². The van der Waals surface area contributed by atoms with Crippen molar-refractivity contribution in [2.75, 3.05) is 6.61 Å². The van der Waals surface area contributed by atoms with Crippen molar-refractivity contribution >= 4 is 29.5 Å². The number of aromatic nitrogens is 3. The minimum absolute atomic E-state index is 0.198. The van der Waals surface area contributed by atoms with Crippen LogP contribution in [0, 0.1) is 5.92 Å². The molecule has 2 amide bonds. The summed E-state index contributed by atoms with van der Waals surface area (Å²) in [7, 11) is 0. The highest BCUT2D eigenvalue weighted by atomic mass is 35.5. The third-order valence-electron chi connectivity index (χ3n) is 5.87. The molecule has 200 valence electrons. The Bertz CT molecular complexity index is 1320. The van der Waals surface area contributed by atoms with Crippen LogP contribution in [0.5, 0.6) is 5.75 Å². The lowest BCUT2D eigenvalue weighted by atomic mass is 10.1. The van der Waals surface area contributed by atoms with Gasteiger partial charge < -0.3 is 15.4 Å². The second-order valence-corrected chi connectivity index (χ2v) is 11.1. The number of nitrogens with one attached hydrogen (secondary N) is 2. The molecule has 1 saturated carbocycles. The molecule has 38 heavy (non-hydrogen) atoms. The topological polar surface area (TPSA) is 98.1 Å². The van der Waals surface area contributed by atoms with Crippen molar-refractivity contribution in [1.82, 2.24) is 25.4 Å². The van der Waals surface area contributed by atoms with E-state index in [1.165, 1.54) is 25.1 Å². The van der Waals surface area contributed by atoms with Gasteiger partial charge in [-0.25, -0.2) is 0 Å². The van der Waals surface area contributed by atoms with E-state index in [0.29, 0.717) is 23.0 Å². The van der Waals surface area contributed by atoms with Gasteiger partial charge >= 0.3 is 0 Å². The Morgan fingerprint density at radius 3 is 2.71 bits per heavy atom. The van der Waals surface area contributed by atoms with Crippen LogP contribution >= 0.6 is 11.6 Å². The zero-order chi connectivity index (χ0) is 27.3. The quantitative estimate of drug-likeness (QED) is 0.375. The highest BCUT2D eigenvalue weighted by Crippen LogP contribution is 2.30. The fourth-order valence-corrected chi connectivity index (χ4v) is 3.90. The van der Waals surface area contributed by atoms with Gasteiger partial charge in [0.1, 0.15) is 11.4 Å². The number of pyridine rings is 1. The number of carbonyl (C=O) groups is 2. The van der Waals surface area contributed by atoms with Gasteiger partial charge in [-0.3, -0.25) is 19.3 Å². The first-order valence-electron chi connectivity index (χ1n) is 12.8. The molecule has 0 unspecified atom stereocenters. The fraction of sp³-hybridized carbons (Fsp3) is 0.379. The second-order valence-electron chi connectivity index (χ2n) is 10.7. The van der Waals surface area contributed by atoms with Crippen LogP contribution in [0.3, 0.4) is 0 Å². The van der Waals surface area contributed by atoms with Crippen molar-refractivity contribution in [3.05, 3.63) is 82.4 Å². The predicted molar refractivity (Wildman–Crippen MR) is 148 cm³/mol. The third-order valence-corrected chi connectivity index (χ3v) is 6.22. The number of ether oxygens (including phenoxy) is 1. The molecule has 0 aliphatic heterocycles. The van der Waals surface area contributed by atoms with Crippen molar-refractivity contribution in [2.45, 2.75) is 58.7 Å². The number of hydrogen-bond donors (Lipinski definition) is 2. The molecule has 0 bridgehead atoms. The Kier molecular flexibility index (Phi) is 8.52. The second kappa shape index (κ2) is 11.8. The van der Waals surface area contributed by atoms with E-state index in [9.17, 15) is 9.59 Å². The number of halogens is 1. The Hall–Kier alpha value is -3.65. The van der Waals surface area contributed by atoms with Crippen LogP contribution in [-0.4, -0.2) is 44.8 Å². The molecule has 3 aromatic rings. The maximum Gasteiger partial charge on any atom is 0.270 e. The van der Waals surface area contributed by atoms with E-state index in [-0.39, 0.29) is 23.6 Å². The highest BCUT2D eigenvalue weighted by molar-refractivity contribution is 6.31. The molecule has 2 N–H and O–H groups in total. The minimum atomic E-state index is -0.398. The zero-order valence-corrected chi connectivity index (χ0v) is 23.0. The SMILES string of the molecule is C[C@@H](C=Cc1cnn(Cc2ccc(OCC3CC3)cc2Cl)c1)NC(=O)c1ccnc(C(=O)NC(C)(C)C)c1. The molecule has 2 heterocycles. The lowest BCUT2D eigenvalue weighted by Crippen LogP contribution is -2.41. The monoisotopic (exact) mass is 535 g/mol. The average Bonchev–Trinajstić information content (AvgIpc) is 3.59. The standard InChI is InChI=1S/C29H34ClN5O3/c1-19(33-27(36)22-11-12-31-26(13-22)28(37)34-29(2,3)4)5-6-21-15-32-35(16-21)17-23-9-10-24(14-25(23)30)38-18-20-7-8-20/h5-6,9-16,19-20H,7-8,17-18H2,1-4H3,(H,33,36)(H,34,37)/t19-/m0/s1. The summed E-state index contributed by atoms with van der Waals surface area (Å²) in [4.78, 5) is 29.2. The molecule has 9 heteroatoms. The molecule has 0 radical (unpaired) electrons. The fourth-order valence-electron chi connectivity index (χ4n) is 3.67. The minimum Gasteiger partial charge on any atom is -0.493 e. The average molecular weight is 536 g/mol. The van der Waals surface area contributed by atoms with Gasteiger partial charge in [0.2, 0.25) is 0 Å². The largest absolute Gasteiger partial charge is 0.493 e. The van der Waals surface area contributed by atoms with E-state index in [1.54, 1.807) is 12.3 Å². The van der Waals surface area contributed by atoms with Crippen molar-refractivity contribution in [3.63, 3.8) is 0 Å². The number of amides is 2. The molecule has 1 fully saturated rings. The Balaban J connectivity index is 1.30. The van der Waals surface area contributed by atoms with Crippen LogP contribution in [0.2, 0.25) is 5.02 Å². The summed E-state index contributed by atoms with van der Waals surface area (Å²) in [6, 6.07) is 8.60. The van der Waals surface area contributed by atoms with E-state index in [1.807, 2.05) is 68.9 Å². The van der Waals surface area contributed by atoms with Crippen LogP contribution in [-0.2, 0) is 6.54 Å².